The third kappa shape index (κ3) is 4.73. The van der Waals surface area contributed by atoms with Crippen molar-refractivity contribution < 1.29 is 0 Å². The molecule has 0 aromatic rings. The fourth-order valence-corrected chi connectivity index (χ4v) is 3.75. The van der Waals surface area contributed by atoms with Crippen molar-refractivity contribution in [3.8, 4) is 0 Å². The van der Waals surface area contributed by atoms with Crippen LogP contribution < -0.4 is 5.32 Å². The van der Waals surface area contributed by atoms with Crippen molar-refractivity contribution in [1.82, 2.24) is 10.2 Å². The van der Waals surface area contributed by atoms with E-state index in [1.54, 1.807) is 0 Å². The van der Waals surface area contributed by atoms with Crippen molar-refractivity contribution in [3.63, 3.8) is 0 Å². The summed E-state index contributed by atoms with van der Waals surface area (Å²) in [5, 5.41) is 3.57. The highest BCUT2D eigenvalue weighted by Gasteiger charge is 2.37. The van der Waals surface area contributed by atoms with Crippen molar-refractivity contribution in [2.24, 2.45) is 11.3 Å². The molecule has 1 N–H and O–H groups in total. The van der Waals surface area contributed by atoms with Crippen molar-refractivity contribution in [2.45, 2.75) is 84.7 Å². The second-order valence-corrected chi connectivity index (χ2v) is 7.50. The Bertz CT molecular complexity index is 262. The van der Waals surface area contributed by atoms with Crippen LogP contribution in [0.25, 0.3) is 0 Å². The Morgan fingerprint density at radius 2 is 1.85 bits per heavy atom. The number of rotatable bonds is 8. The monoisotopic (exact) mass is 282 g/mol. The van der Waals surface area contributed by atoms with Gasteiger partial charge in [-0.1, -0.05) is 47.0 Å². The van der Waals surface area contributed by atoms with Crippen LogP contribution in [0.15, 0.2) is 0 Å². The van der Waals surface area contributed by atoms with Gasteiger partial charge in [0.1, 0.15) is 0 Å². The molecule has 0 aromatic carbocycles. The Kier molecular flexibility index (Phi) is 7.53. The van der Waals surface area contributed by atoms with E-state index in [1.165, 1.54) is 51.5 Å². The first-order valence-electron chi connectivity index (χ1n) is 8.83. The second kappa shape index (κ2) is 8.38. The Balaban J connectivity index is 2.63. The van der Waals surface area contributed by atoms with Gasteiger partial charge in [0.25, 0.3) is 0 Å². The molecule has 0 amide bonds. The predicted octanol–water partition coefficient (Wildman–Crippen LogP) is 4.30. The quantitative estimate of drug-likeness (QED) is 0.668. The van der Waals surface area contributed by atoms with E-state index in [4.69, 9.17) is 0 Å². The summed E-state index contributed by atoms with van der Waals surface area (Å²) in [5.74, 6) is 0.885. The molecule has 1 saturated carbocycles. The zero-order valence-electron chi connectivity index (χ0n) is 14.8. The summed E-state index contributed by atoms with van der Waals surface area (Å²) in [6.45, 7) is 10.8. The number of unbranched alkanes of at least 4 members (excludes halogenated alkanes) is 2. The minimum absolute atomic E-state index is 0.501. The van der Waals surface area contributed by atoms with Crippen LogP contribution in [0, 0.1) is 11.3 Å². The molecule has 0 spiro atoms. The van der Waals surface area contributed by atoms with Crippen molar-refractivity contribution in [3.05, 3.63) is 0 Å². The molecule has 3 atom stereocenters. The molecule has 0 heterocycles. The van der Waals surface area contributed by atoms with E-state index in [9.17, 15) is 0 Å². The average Bonchev–Trinajstić information content (AvgIpc) is 2.46. The summed E-state index contributed by atoms with van der Waals surface area (Å²) in [5.41, 5.74) is 0.501. The lowest BCUT2D eigenvalue weighted by Gasteiger charge is -2.46. The molecule has 20 heavy (non-hydrogen) atoms. The SMILES string of the molecule is CCCCCN(C)C1CC(C(C)(C)CC)CCC1NC. The maximum Gasteiger partial charge on any atom is 0.0249 e. The van der Waals surface area contributed by atoms with Gasteiger partial charge in [0.05, 0.1) is 0 Å². The maximum absolute atomic E-state index is 3.57. The van der Waals surface area contributed by atoms with E-state index in [0.29, 0.717) is 11.5 Å². The molecule has 120 valence electrons. The summed E-state index contributed by atoms with van der Waals surface area (Å²) in [7, 11) is 4.48. The molecule has 3 unspecified atom stereocenters. The molecule has 1 rings (SSSR count). The van der Waals surface area contributed by atoms with Crippen molar-refractivity contribution in [1.29, 1.82) is 0 Å². The molecule has 2 nitrogen and oxygen atoms in total. The van der Waals surface area contributed by atoms with E-state index < -0.39 is 0 Å². The van der Waals surface area contributed by atoms with Crippen LogP contribution in [0.4, 0.5) is 0 Å². The second-order valence-electron chi connectivity index (χ2n) is 7.50. The van der Waals surface area contributed by atoms with E-state index in [-0.39, 0.29) is 0 Å². The van der Waals surface area contributed by atoms with Gasteiger partial charge in [-0.25, -0.2) is 0 Å². The third-order valence-corrected chi connectivity index (χ3v) is 5.88. The summed E-state index contributed by atoms with van der Waals surface area (Å²) in [6, 6.07) is 1.41. The van der Waals surface area contributed by atoms with Crippen molar-refractivity contribution in [2.75, 3.05) is 20.6 Å². The molecular weight excluding hydrogens is 244 g/mol. The highest BCUT2D eigenvalue weighted by molar-refractivity contribution is 4.93. The Morgan fingerprint density at radius 1 is 1.15 bits per heavy atom. The lowest BCUT2D eigenvalue weighted by atomic mass is 9.67. The summed E-state index contributed by atoms with van der Waals surface area (Å²) in [6.07, 6.45) is 9.44. The number of nitrogens with one attached hydrogen (secondary N) is 1. The fourth-order valence-electron chi connectivity index (χ4n) is 3.75. The first-order valence-corrected chi connectivity index (χ1v) is 8.83. The normalized spacial score (nSPS) is 28.1. The average molecular weight is 283 g/mol. The van der Waals surface area contributed by atoms with Gasteiger partial charge >= 0.3 is 0 Å². The van der Waals surface area contributed by atoms with Crippen LogP contribution in [0.1, 0.15) is 72.6 Å². The molecule has 1 aliphatic rings. The summed E-state index contributed by atoms with van der Waals surface area (Å²) in [4.78, 5) is 2.63. The highest BCUT2D eigenvalue weighted by Crippen LogP contribution is 2.41. The lowest BCUT2D eigenvalue weighted by molar-refractivity contribution is 0.0638. The first-order chi connectivity index (χ1) is 9.46. The van der Waals surface area contributed by atoms with Gasteiger partial charge < -0.3 is 10.2 Å². The van der Waals surface area contributed by atoms with E-state index in [2.05, 4.69) is 52.0 Å². The standard InChI is InChI=1S/C18H38N2/c1-7-9-10-13-20(6)17-14-15(18(3,4)8-2)11-12-16(17)19-5/h15-17,19H,7-14H2,1-6H3. The minimum atomic E-state index is 0.501. The summed E-state index contributed by atoms with van der Waals surface area (Å²) < 4.78 is 0. The van der Waals surface area contributed by atoms with Crippen LogP contribution in [-0.4, -0.2) is 37.6 Å². The number of likely N-dealkylation sites (N-methyl/N-ethyl adjacent to an activating group) is 2. The van der Waals surface area contributed by atoms with Gasteiger partial charge in [0.15, 0.2) is 0 Å². The van der Waals surface area contributed by atoms with Gasteiger partial charge in [-0.2, -0.15) is 0 Å². The van der Waals surface area contributed by atoms with Gasteiger partial charge in [0, 0.05) is 12.1 Å². The number of hydrogen-bond donors (Lipinski definition) is 1. The smallest absolute Gasteiger partial charge is 0.0249 e. The topological polar surface area (TPSA) is 15.3 Å². The Labute approximate surface area is 127 Å². The Hall–Kier alpha value is -0.0800. The maximum atomic E-state index is 3.57. The van der Waals surface area contributed by atoms with Crippen LogP contribution in [0.5, 0.6) is 0 Å². The fraction of sp³-hybridized carbons (Fsp3) is 1.00. The number of hydrogen-bond acceptors (Lipinski definition) is 2. The van der Waals surface area contributed by atoms with Gasteiger partial charge in [-0.3, -0.25) is 0 Å². The molecule has 0 aromatic heterocycles. The van der Waals surface area contributed by atoms with Crippen molar-refractivity contribution >= 4 is 0 Å². The van der Waals surface area contributed by atoms with Crippen LogP contribution in [-0.2, 0) is 0 Å². The van der Waals surface area contributed by atoms with E-state index in [0.717, 1.165) is 12.0 Å². The molecule has 0 aliphatic heterocycles. The minimum Gasteiger partial charge on any atom is -0.315 e. The zero-order valence-corrected chi connectivity index (χ0v) is 14.8. The molecule has 0 saturated heterocycles. The predicted molar refractivity (Wildman–Crippen MR) is 90.2 cm³/mol. The van der Waals surface area contributed by atoms with Crippen LogP contribution >= 0.6 is 0 Å². The molecule has 0 radical (unpaired) electrons. The van der Waals surface area contributed by atoms with E-state index >= 15 is 0 Å². The molecular formula is C18H38N2. The summed E-state index contributed by atoms with van der Waals surface area (Å²) >= 11 is 0. The zero-order chi connectivity index (χ0) is 15.2. The molecule has 1 fully saturated rings. The first kappa shape index (κ1) is 18.0. The van der Waals surface area contributed by atoms with Gasteiger partial charge in [-0.15, -0.1) is 0 Å². The lowest BCUT2D eigenvalue weighted by Crippen LogP contribution is -2.52. The van der Waals surface area contributed by atoms with E-state index in [1.807, 2.05) is 0 Å². The van der Waals surface area contributed by atoms with Crippen LogP contribution in [0.3, 0.4) is 0 Å². The van der Waals surface area contributed by atoms with Crippen LogP contribution in [0.2, 0.25) is 0 Å². The molecule has 1 aliphatic carbocycles. The largest absolute Gasteiger partial charge is 0.315 e. The highest BCUT2D eigenvalue weighted by atomic mass is 15.2. The van der Waals surface area contributed by atoms with Gasteiger partial charge in [-0.05, 0) is 57.7 Å². The molecule has 2 heteroatoms. The third-order valence-electron chi connectivity index (χ3n) is 5.88. The molecule has 0 bridgehead atoms. The Morgan fingerprint density at radius 3 is 2.40 bits per heavy atom. The van der Waals surface area contributed by atoms with Gasteiger partial charge in [0.2, 0.25) is 0 Å². The number of nitrogens with zero attached hydrogens (tertiary/aromatic N) is 1.